The summed E-state index contributed by atoms with van der Waals surface area (Å²) in [6.07, 6.45) is 0.714. The quantitative estimate of drug-likeness (QED) is 0.706. The van der Waals surface area contributed by atoms with Crippen molar-refractivity contribution < 1.29 is 24.2 Å². The molecule has 1 aromatic carbocycles. The number of amides is 1. The first kappa shape index (κ1) is 18.7. The summed E-state index contributed by atoms with van der Waals surface area (Å²) in [6, 6.07) is 6.50. The number of carboxylic acid groups (broad SMARTS) is 1. The Labute approximate surface area is 136 Å². The summed E-state index contributed by atoms with van der Waals surface area (Å²) in [7, 11) is 1.54. The van der Waals surface area contributed by atoms with Crippen molar-refractivity contribution in [2.75, 3.05) is 13.7 Å². The second kappa shape index (κ2) is 8.92. The lowest BCUT2D eigenvalue weighted by atomic mass is 10.1. The van der Waals surface area contributed by atoms with Crippen LogP contribution in [-0.2, 0) is 9.59 Å². The molecule has 0 heterocycles. The Kier molecular flexibility index (Phi) is 7.25. The number of hydrogen-bond donors (Lipinski definition) is 1. The van der Waals surface area contributed by atoms with Crippen LogP contribution in [0.4, 0.5) is 0 Å². The van der Waals surface area contributed by atoms with Crippen molar-refractivity contribution in [1.29, 1.82) is 0 Å². The summed E-state index contributed by atoms with van der Waals surface area (Å²) in [5, 5.41) is 8.91. The second-order valence-electron chi connectivity index (χ2n) is 5.32. The fourth-order valence-corrected chi connectivity index (χ4v) is 2.14. The number of Topliss-reactive ketones (excluding diaryl/α,β-unsaturated/α-hetero) is 1. The van der Waals surface area contributed by atoms with E-state index in [2.05, 4.69) is 0 Å². The molecule has 1 rings (SSSR count). The van der Waals surface area contributed by atoms with Crippen LogP contribution in [0, 0.1) is 0 Å². The minimum atomic E-state index is -1.06. The first-order valence-electron chi connectivity index (χ1n) is 7.57. The molecule has 0 fully saturated rings. The fourth-order valence-electron chi connectivity index (χ4n) is 2.14. The smallest absolute Gasteiger partial charge is 0.323 e. The highest BCUT2D eigenvalue weighted by Crippen LogP contribution is 2.14. The minimum Gasteiger partial charge on any atom is -0.497 e. The molecule has 0 bridgehead atoms. The average molecular weight is 321 g/mol. The summed E-state index contributed by atoms with van der Waals surface area (Å²) in [6.45, 7) is 3.34. The van der Waals surface area contributed by atoms with Gasteiger partial charge in [0.05, 0.1) is 7.11 Å². The number of carbonyl (C=O) groups excluding carboxylic acids is 2. The molecular weight excluding hydrogens is 298 g/mol. The van der Waals surface area contributed by atoms with Gasteiger partial charge in [-0.2, -0.15) is 0 Å². The van der Waals surface area contributed by atoms with Gasteiger partial charge in [0.15, 0.2) is 5.78 Å². The Balaban J connectivity index is 2.64. The van der Waals surface area contributed by atoms with E-state index in [1.807, 2.05) is 6.92 Å². The lowest BCUT2D eigenvalue weighted by Crippen LogP contribution is -2.41. The number of carboxylic acids is 1. The van der Waals surface area contributed by atoms with Crippen LogP contribution in [0.2, 0.25) is 0 Å². The molecule has 0 aliphatic heterocycles. The number of aliphatic carboxylic acids is 1. The van der Waals surface area contributed by atoms with Crippen LogP contribution in [0.1, 0.15) is 43.5 Å². The lowest BCUT2D eigenvalue weighted by molar-refractivity contribution is -0.146. The maximum absolute atomic E-state index is 12.2. The molecule has 126 valence electrons. The fraction of sp³-hybridized carbons (Fsp3) is 0.471. The topological polar surface area (TPSA) is 83.9 Å². The van der Waals surface area contributed by atoms with Crippen LogP contribution in [0.25, 0.3) is 0 Å². The van der Waals surface area contributed by atoms with Crippen LogP contribution < -0.4 is 4.74 Å². The van der Waals surface area contributed by atoms with Crippen molar-refractivity contribution in [3.63, 3.8) is 0 Å². The van der Waals surface area contributed by atoms with Gasteiger partial charge in [-0.05, 0) is 37.6 Å². The lowest BCUT2D eigenvalue weighted by Gasteiger charge is -2.26. The van der Waals surface area contributed by atoms with Gasteiger partial charge in [-0.3, -0.25) is 14.4 Å². The monoisotopic (exact) mass is 321 g/mol. The van der Waals surface area contributed by atoms with E-state index in [1.165, 1.54) is 4.90 Å². The molecule has 23 heavy (non-hydrogen) atoms. The molecule has 1 amide bonds. The van der Waals surface area contributed by atoms with Gasteiger partial charge >= 0.3 is 5.97 Å². The molecule has 1 unspecified atom stereocenters. The standard InChI is InChI=1S/C17H23NO5/c1-4-12(2)18(11-17(21)22)16(20)10-9-15(19)13-5-7-14(23-3)8-6-13/h5-8,12H,4,9-11H2,1-3H3,(H,21,22). The summed E-state index contributed by atoms with van der Waals surface area (Å²) in [5.74, 6) is -0.869. The zero-order valence-electron chi connectivity index (χ0n) is 13.7. The normalized spacial score (nSPS) is 11.6. The zero-order chi connectivity index (χ0) is 17.4. The predicted octanol–water partition coefficient (Wildman–Crippen LogP) is 2.37. The molecule has 6 nitrogen and oxygen atoms in total. The molecule has 0 spiro atoms. The zero-order valence-corrected chi connectivity index (χ0v) is 13.7. The van der Waals surface area contributed by atoms with Crippen LogP contribution in [0.3, 0.4) is 0 Å². The van der Waals surface area contributed by atoms with E-state index >= 15 is 0 Å². The average Bonchev–Trinajstić information content (AvgIpc) is 2.56. The molecule has 0 saturated carbocycles. The third-order valence-electron chi connectivity index (χ3n) is 3.73. The molecule has 6 heteroatoms. The maximum atomic E-state index is 12.2. The van der Waals surface area contributed by atoms with Gasteiger partial charge in [0.1, 0.15) is 12.3 Å². The Hall–Kier alpha value is -2.37. The Morgan fingerprint density at radius 3 is 2.26 bits per heavy atom. The second-order valence-corrected chi connectivity index (χ2v) is 5.32. The minimum absolute atomic E-state index is 0.00246. The highest BCUT2D eigenvalue weighted by atomic mass is 16.5. The van der Waals surface area contributed by atoms with Crippen molar-refractivity contribution in [2.45, 2.75) is 39.2 Å². The number of ketones is 1. The van der Waals surface area contributed by atoms with Crippen LogP contribution in [0.15, 0.2) is 24.3 Å². The van der Waals surface area contributed by atoms with E-state index in [-0.39, 0.29) is 37.1 Å². The van der Waals surface area contributed by atoms with Crippen LogP contribution in [0.5, 0.6) is 5.75 Å². The van der Waals surface area contributed by atoms with Gasteiger partial charge in [-0.1, -0.05) is 6.92 Å². The molecule has 0 aromatic heterocycles. The molecule has 0 radical (unpaired) electrons. The van der Waals surface area contributed by atoms with Gasteiger partial charge < -0.3 is 14.7 Å². The number of rotatable bonds is 9. The SMILES string of the molecule is CCC(C)N(CC(=O)O)C(=O)CCC(=O)c1ccc(OC)cc1. The van der Waals surface area contributed by atoms with Crippen LogP contribution >= 0.6 is 0 Å². The van der Waals surface area contributed by atoms with Crippen molar-refractivity contribution >= 4 is 17.7 Å². The number of carbonyl (C=O) groups is 3. The predicted molar refractivity (Wildman–Crippen MR) is 85.7 cm³/mol. The molecule has 1 atom stereocenters. The van der Waals surface area contributed by atoms with Gasteiger partial charge in [0.25, 0.3) is 0 Å². The van der Waals surface area contributed by atoms with E-state index in [0.29, 0.717) is 17.7 Å². The van der Waals surface area contributed by atoms with Crippen LogP contribution in [-0.4, -0.2) is 47.4 Å². The number of methoxy groups -OCH3 is 1. The van der Waals surface area contributed by atoms with Crippen molar-refractivity contribution in [3.05, 3.63) is 29.8 Å². The molecule has 0 aliphatic carbocycles. The third-order valence-corrected chi connectivity index (χ3v) is 3.73. The van der Waals surface area contributed by atoms with E-state index in [1.54, 1.807) is 38.3 Å². The number of nitrogens with zero attached hydrogens (tertiary/aromatic N) is 1. The highest BCUT2D eigenvalue weighted by Gasteiger charge is 2.22. The van der Waals surface area contributed by atoms with E-state index < -0.39 is 5.97 Å². The third kappa shape index (κ3) is 5.73. The Morgan fingerprint density at radius 1 is 1.17 bits per heavy atom. The van der Waals surface area contributed by atoms with Gasteiger partial charge in [-0.15, -0.1) is 0 Å². The Morgan fingerprint density at radius 2 is 1.78 bits per heavy atom. The molecule has 1 N–H and O–H groups in total. The van der Waals surface area contributed by atoms with Gasteiger partial charge in [0.2, 0.25) is 5.91 Å². The summed E-state index contributed by atoms with van der Waals surface area (Å²) in [5.41, 5.74) is 0.506. The number of ether oxygens (including phenoxy) is 1. The Bertz CT molecular complexity index is 553. The molecular formula is C17H23NO5. The molecule has 0 aliphatic rings. The summed E-state index contributed by atoms with van der Waals surface area (Å²) >= 11 is 0. The maximum Gasteiger partial charge on any atom is 0.323 e. The van der Waals surface area contributed by atoms with Gasteiger partial charge in [-0.25, -0.2) is 0 Å². The number of hydrogen-bond acceptors (Lipinski definition) is 4. The summed E-state index contributed by atoms with van der Waals surface area (Å²) < 4.78 is 5.03. The van der Waals surface area contributed by atoms with E-state index in [0.717, 1.165) is 0 Å². The first-order valence-corrected chi connectivity index (χ1v) is 7.57. The first-order chi connectivity index (χ1) is 10.9. The number of benzene rings is 1. The molecule has 0 saturated heterocycles. The summed E-state index contributed by atoms with van der Waals surface area (Å²) in [4.78, 5) is 36.5. The van der Waals surface area contributed by atoms with Crippen molar-refractivity contribution in [3.8, 4) is 5.75 Å². The van der Waals surface area contributed by atoms with Gasteiger partial charge in [0, 0.05) is 24.4 Å². The van der Waals surface area contributed by atoms with Crippen molar-refractivity contribution in [2.24, 2.45) is 0 Å². The van der Waals surface area contributed by atoms with E-state index in [4.69, 9.17) is 9.84 Å². The van der Waals surface area contributed by atoms with E-state index in [9.17, 15) is 14.4 Å². The largest absolute Gasteiger partial charge is 0.497 e. The van der Waals surface area contributed by atoms with Crippen molar-refractivity contribution in [1.82, 2.24) is 4.90 Å². The highest BCUT2D eigenvalue weighted by molar-refractivity contribution is 5.98. The molecule has 1 aromatic rings.